The van der Waals surface area contributed by atoms with Gasteiger partial charge in [-0.1, -0.05) is 274 Å². The smallest absolute Gasteiger partial charge is 0.244 e. The van der Waals surface area contributed by atoms with E-state index in [1.807, 2.05) is 108 Å². The Morgan fingerprint density at radius 3 is 0.836 bits per heavy atom. The average molecular weight is 1730 g/mol. The summed E-state index contributed by atoms with van der Waals surface area (Å²) in [6, 6.07) is 86.0. The molecule has 6 heterocycles. The first kappa shape index (κ1) is 94.3. The van der Waals surface area contributed by atoms with Crippen molar-refractivity contribution in [2.75, 3.05) is 118 Å². The largest absolute Gasteiger partial charge is 0.351 e. The Kier molecular flexibility index (Phi) is 37.6. The van der Waals surface area contributed by atoms with Crippen molar-refractivity contribution in [3.63, 3.8) is 0 Å². The Hall–Kier alpha value is -11.3. The molecule has 0 aliphatic carbocycles. The molecule has 6 atom stereocenters. The van der Waals surface area contributed by atoms with Crippen molar-refractivity contribution < 1.29 is 33.2 Å². The van der Waals surface area contributed by atoms with Crippen LogP contribution in [0.5, 0.6) is 0 Å². The van der Waals surface area contributed by atoms with Crippen LogP contribution >= 0.6 is 0 Å². The molecule has 18 nitrogen and oxygen atoms in total. The fourth-order valence-corrected chi connectivity index (χ4v) is 18.5. The third kappa shape index (κ3) is 30.4. The van der Waals surface area contributed by atoms with Gasteiger partial charge in [-0.05, 0) is 204 Å². The Labute approximate surface area is 759 Å². The van der Waals surface area contributed by atoms with E-state index >= 15 is 0 Å². The quantitative estimate of drug-likeness (QED) is 0.0214. The molecule has 0 unspecified atom stereocenters. The van der Waals surface area contributed by atoms with E-state index in [1.54, 1.807) is 30.4 Å². The highest BCUT2D eigenvalue weighted by atomic mass is 19.1. The molecule has 6 aliphatic heterocycles. The molecule has 672 valence electrons. The van der Waals surface area contributed by atoms with E-state index in [4.69, 9.17) is 0 Å². The van der Waals surface area contributed by atoms with Gasteiger partial charge < -0.3 is 61.3 Å². The fraction of sp³-hybridized carbons (Fsp3) is 0.394. The zero-order valence-corrected chi connectivity index (χ0v) is 74.8. The van der Waals surface area contributed by atoms with Crippen molar-refractivity contribution in [1.29, 1.82) is 0 Å². The molecule has 0 radical (unpaired) electrons. The normalized spacial score (nSPS) is 20.0. The highest BCUT2D eigenvalue weighted by Gasteiger charge is 2.37. The predicted octanol–water partition coefficient (Wildman–Crippen LogP) is 15.7. The molecule has 0 bridgehead atoms. The molecular weight excluding hydrogens is 1590 g/mol. The second-order valence-electron chi connectivity index (χ2n) is 35.3. The zero-order chi connectivity index (χ0) is 88.7. The summed E-state index contributed by atoms with van der Waals surface area (Å²) in [6.45, 7) is 16.6. The van der Waals surface area contributed by atoms with Crippen LogP contribution in [0.25, 0.3) is 18.2 Å². The van der Waals surface area contributed by atoms with Crippen LogP contribution in [0.1, 0.15) is 170 Å². The summed E-state index contributed by atoms with van der Waals surface area (Å²) in [5.41, 5.74) is 11.2. The van der Waals surface area contributed by atoms with Gasteiger partial charge in [-0.25, -0.2) is 4.39 Å². The predicted molar refractivity (Wildman–Crippen MR) is 515 cm³/mol. The number of halogens is 1. The highest BCUT2D eigenvalue weighted by molar-refractivity contribution is 5.93. The number of benzene rings is 9. The van der Waals surface area contributed by atoms with Crippen molar-refractivity contribution in [3.8, 4) is 0 Å². The Morgan fingerprint density at radius 1 is 0.328 bits per heavy atom. The van der Waals surface area contributed by atoms with Crippen LogP contribution in [0.15, 0.2) is 279 Å². The Balaban J connectivity index is 0.000000164. The number of aryl methyl sites for hydroxylation is 1. The standard InChI is InChI=1S/C37H46N4O2.C36H43FN4O2.C36H44N4O2/c1-29-15-17-30(18-16-29)19-20-36(42)38-27-33-21-26-41(37(43)35(39-33)22-25-40-23-9-4-10-24-40)28-34(31-11-5-2-6-12-31)32-13-7-3-8-14-32;37-31-17-14-28(15-18-31)16-19-35(42)38-26-32-20-25-41(36(43)34(39-32)21-24-40-22-8-3-9-23-40)27-33(29-10-4-1-5-11-29)30-12-6-2-7-13-30;41-35(20-19-29-13-5-1-6-14-29)37-27-32-21-26-40(36(42)34(38-32)22-25-39-23-11-4-12-24-39)28-33(30-15-7-2-8-16-30)31-17-9-3-10-18-31/h2-3,5-8,11-20,33-35,39H,4,9-10,21-28H2,1H3,(H,38,42);1-2,4-7,10-19,32-34,39H,3,8-9,20-27H2,(H,38,42);1-3,5-10,13-20,32-34,38H,4,11-12,21-28H2,(H,37,41)/b20-19+;19-16+;20-19+/t33-,35-;2*32-,34-/m000/s1. The van der Waals surface area contributed by atoms with E-state index in [1.165, 1.54) is 115 Å². The topological polar surface area (TPSA) is 194 Å². The van der Waals surface area contributed by atoms with Crippen LogP contribution < -0.4 is 31.9 Å². The third-order valence-electron chi connectivity index (χ3n) is 25.9. The van der Waals surface area contributed by atoms with Crippen molar-refractivity contribution >= 4 is 53.7 Å². The summed E-state index contributed by atoms with van der Waals surface area (Å²) in [5, 5.41) is 20.1. The van der Waals surface area contributed by atoms with Crippen LogP contribution in [0, 0.1) is 12.7 Å². The van der Waals surface area contributed by atoms with Crippen LogP contribution in [0.4, 0.5) is 4.39 Å². The van der Waals surface area contributed by atoms with Crippen LogP contribution in [-0.2, 0) is 28.8 Å². The van der Waals surface area contributed by atoms with Crippen LogP contribution in [0.2, 0.25) is 0 Å². The lowest BCUT2D eigenvalue weighted by Crippen LogP contribution is -2.50. The van der Waals surface area contributed by atoms with E-state index in [0.29, 0.717) is 58.9 Å². The summed E-state index contributed by atoms with van der Waals surface area (Å²) < 4.78 is 13.2. The number of carbonyl (C=O) groups is 6. The lowest BCUT2D eigenvalue weighted by atomic mass is 9.90. The number of hydrogen-bond acceptors (Lipinski definition) is 12. The summed E-state index contributed by atoms with van der Waals surface area (Å²) in [5.74, 6) is -0.0192. The second-order valence-corrected chi connectivity index (χ2v) is 35.3. The van der Waals surface area contributed by atoms with Gasteiger partial charge in [0.2, 0.25) is 35.4 Å². The van der Waals surface area contributed by atoms with Gasteiger partial charge in [0.05, 0.1) is 18.1 Å². The molecule has 128 heavy (non-hydrogen) atoms. The molecule has 6 N–H and O–H groups in total. The molecule has 0 saturated carbocycles. The minimum absolute atomic E-state index is 0.0175. The maximum Gasteiger partial charge on any atom is 0.244 e. The van der Waals surface area contributed by atoms with Gasteiger partial charge in [0.15, 0.2) is 0 Å². The lowest BCUT2D eigenvalue weighted by Gasteiger charge is -2.31. The molecule has 9 aromatic rings. The van der Waals surface area contributed by atoms with Crippen molar-refractivity contribution in [1.82, 2.24) is 61.3 Å². The maximum absolute atomic E-state index is 14.1. The fourth-order valence-electron chi connectivity index (χ4n) is 18.5. The summed E-state index contributed by atoms with van der Waals surface area (Å²) >= 11 is 0. The number of rotatable bonds is 33. The molecule has 6 fully saturated rings. The maximum atomic E-state index is 14.1. The van der Waals surface area contributed by atoms with Gasteiger partial charge in [-0.3, -0.25) is 28.8 Å². The van der Waals surface area contributed by atoms with E-state index in [9.17, 15) is 33.2 Å². The first-order valence-electron chi connectivity index (χ1n) is 47.1. The molecule has 0 aromatic heterocycles. The Bertz CT molecular complexity index is 4580. The Morgan fingerprint density at radius 2 is 0.570 bits per heavy atom. The molecular formula is C109H133FN12O6. The minimum Gasteiger partial charge on any atom is -0.351 e. The van der Waals surface area contributed by atoms with Gasteiger partial charge in [0, 0.05) is 133 Å². The number of hydrogen-bond donors (Lipinski definition) is 6. The molecule has 6 amide bonds. The molecule has 6 saturated heterocycles. The van der Waals surface area contributed by atoms with Crippen molar-refractivity contribution in [3.05, 3.63) is 341 Å². The van der Waals surface area contributed by atoms with Gasteiger partial charge >= 0.3 is 0 Å². The summed E-state index contributed by atoms with van der Waals surface area (Å²) in [6.07, 6.45) is 25.8. The summed E-state index contributed by atoms with van der Waals surface area (Å²) in [4.78, 5) is 93.9. The second kappa shape index (κ2) is 51.0. The number of carbonyl (C=O) groups excluding carboxylic acids is 6. The van der Waals surface area contributed by atoms with Crippen LogP contribution in [-0.4, -0.2) is 219 Å². The zero-order valence-electron chi connectivity index (χ0n) is 74.8. The number of nitrogens with zero attached hydrogens (tertiary/aromatic N) is 6. The first-order valence-corrected chi connectivity index (χ1v) is 47.1. The van der Waals surface area contributed by atoms with Crippen molar-refractivity contribution in [2.45, 2.75) is 157 Å². The monoisotopic (exact) mass is 1730 g/mol. The number of piperidine rings is 3. The van der Waals surface area contributed by atoms with E-state index in [0.717, 1.165) is 114 Å². The van der Waals surface area contributed by atoms with Gasteiger partial charge in [-0.2, -0.15) is 0 Å². The van der Waals surface area contributed by atoms with Gasteiger partial charge in [0.25, 0.3) is 0 Å². The third-order valence-corrected chi connectivity index (χ3v) is 25.9. The van der Waals surface area contributed by atoms with Gasteiger partial charge in [0.1, 0.15) is 5.82 Å². The summed E-state index contributed by atoms with van der Waals surface area (Å²) in [7, 11) is 0. The lowest BCUT2D eigenvalue weighted by molar-refractivity contribution is -0.133. The molecule has 0 spiro atoms. The SMILES string of the molecule is Cc1ccc(/C=C/C(=O)NC[C@@H]2CCN(CC(c3ccccc3)c3ccccc3)C(=O)[C@H](CCN3CCCCC3)N2)cc1.O=C(/C=C/c1ccc(F)cc1)NC[C@@H]1CCN(CC(c2ccccc2)c2ccccc2)C(=O)[C@H](CCN2CCCCC2)N1.O=C(/C=C/c1ccccc1)NC[C@@H]1CCN(CC(c2ccccc2)c2ccccc2)C(=O)[C@H](CCN2CCCCC2)N1. The molecule has 6 aliphatic rings. The molecule has 15 rings (SSSR count). The van der Waals surface area contributed by atoms with Crippen molar-refractivity contribution in [2.24, 2.45) is 0 Å². The average Bonchev–Trinajstić information content (AvgIpc) is 1.81. The highest BCUT2D eigenvalue weighted by Crippen LogP contribution is 2.32. The van der Waals surface area contributed by atoms with Gasteiger partial charge in [-0.15, -0.1) is 0 Å². The minimum atomic E-state index is -0.312. The molecule has 19 heteroatoms. The number of amides is 6. The first-order chi connectivity index (χ1) is 62.7. The van der Waals surface area contributed by atoms with E-state index < -0.39 is 0 Å². The molecule has 9 aromatic carbocycles. The number of likely N-dealkylation sites (tertiary alicyclic amines) is 3. The van der Waals surface area contributed by atoms with Crippen LogP contribution in [0.3, 0.4) is 0 Å². The number of nitrogens with one attached hydrogen (secondary N) is 6. The van der Waals surface area contributed by atoms with E-state index in [-0.39, 0.29) is 95.3 Å². The van der Waals surface area contributed by atoms with E-state index in [2.05, 4.69) is 209 Å².